The number of rotatable bonds is 6. The van der Waals surface area contributed by atoms with Crippen LogP contribution in [0.5, 0.6) is 5.75 Å². The van der Waals surface area contributed by atoms with E-state index < -0.39 is 0 Å². The summed E-state index contributed by atoms with van der Waals surface area (Å²) >= 11 is 0. The average molecular weight is 429 g/mol. The lowest BCUT2D eigenvalue weighted by molar-refractivity contribution is 0.158. The van der Waals surface area contributed by atoms with Crippen molar-refractivity contribution in [1.82, 2.24) is 4.90 Å². The maximum atomic E-state index is 13.4. The summed E-state index contributed by atoms with van der Waals surface area (Å²) in [6.07, 6.45) is 4.23. The first-order chi connectivity index (χ1) is 15.6. The highest BCUT2D eigenvalue weighted by atomic mass is 16.5. The minimum absolute atomic E-state index is 0.0344. The van der Waals surface area contributed by atoms with Crippen molar-refractivity contribution in [1.29, 1.82) is 0 Å². The zero-order valence-corrected chi connectivity index (χ0v) is 19.0. The summed E-state index contributed by atoms with van der Waals surface area (Å²) in [4.78, 5) is 15.4. The van der Waals surface area contributed by atoms with E-state index in [2.05, 4.69) is 35.6 Å². The van der Waals surface area contributed by atoms with E-state index in [9.17, 15) is 4.79 Å². The Morgan fingerprint density at radius 3 is 2.19 bits per heavy atom. The topological polar surface area (TPSA) is 41.6 Å². The summed E-state index contributed by atoms with van der Waals surface area (Å²) in [6.45, 7) is 2.63. The van der Waals surface area contributed by atoms with Crippen LogP contribution in [-0.2, 0) is 6.54 Å². The number of carbonyl (C=O) groups is 1. The Morgan fingerprint density at radius 1 is 0.906 bits per heavy atom. The van der Waals surface area contributed by atoms with E-state index >= 15 is 0 Å². The Hall–Kier alpha value is -3.27. The molecule has 0 bridgehead atoms. The molecule has 0 aromatic heterocycles. The number of methoxy groups -OCH3 is 1. The normalized spacial score (nSPS) is 18.1. The molecule has 0 saturated heterocycles. The SMILES string of the molecule is COc1ccc(CN(C(=O)Nc2ccc(C)cc2)C2CCC(c3ccccc3)CC2)cc1. The third-order valence-electron chi connectivity index (χ3n) is 6.48. The number of hydrogen-bond donors (Lipinski definition) is 1. The van der Waals surface area contributed by atoms with Crippen LogP contribution >= 0.6 is 0 Å². The van der Waals surface area contributed by atoms with E-state index in [1.165, 1.54) is 11.1 Å². The van der Waals surface area contributed by atoms with Crippen LogP contribution in [0.25, 0.3) is 0 Å². The van der Waals surface area contributed by atoms with Crippen molar-refractivity contribution in [2.24, 2.45) is 0 Å². The van der Waals surface area contributed by atoms with Crippen molar-refractivity contribution in [3.63, 3.8) is 0 Å². The van der Waals surface area contributed by atoms with Gasteiger partial charge >= 0.3 is 6.03 Å². The van der Waals surface area contributed by atoms with E-state index in [1.807, 2.05) is 60.4 Å². The Kier molecular flexibility index (Phi) is 7.10. The van der Waals surface area contributed by atoms with Crippen molar-refractivity contribution in [3.05, 3.63) is 95.6 Å². The molecule has 0 atom stereocenters. The molecular weight excluding hydrogens is 396 g/mol. The highest BCUT2D eigenvalue weighted by Crippen LogP contribution is 2.35. The van der Waals surface area contributed by atoms with Gasteiger partial charge in [0, 0.05) is 18.3 Å². The molecule has 0 radical (unpaired) electrons. The van der Waals surface area contributed by atoms with Gasteiger partial charge < -0.3 is 15.0 Å². The Bertz CT molecular complexity index is 992. The van der Waals surface area contributed by atoms with Crippen LogP contribution in [0.2, 0.25) is 0 Å². The maximum Gasteiger partial charge on any atom is 0.322 e. The number of benzene rings is 3. The van der Waals surface area contributed by atoms with E-state index in [0.717, 1.165) is 42.7 Å². The van der Waals surface area contributed by atoms with Crippen molar-refractivity contribution in [2.45, 2.75) is 51.1 Å². The number of aryl methyl sites for hydroxylation is 1. The first kappa shape index (κ1) is 21.9. The molecule has 0 aliphatic heterocycles. The van der Waals surface area contributed by atoms with Gasteiger partial charge in [0.05, 0.1) is 7.11 Å². The second kappa shape index (κ2) is 10.4. The van der Waals surface area contributed by atoms with E-state index in [4.69, 9.17) is 4.74 Å². The third kappa shape index (κ3) is 5.50. The molecule has 2 amide bonds. The number of anilines is 1. The lowest BCUT2D eigenvalue weighted by atomic mass is 9.81. The van der Waals surface area contributed by atoms with Crippen LogP contribution in [0.15, 0.2) is 78.9 Å². The molecule has 1 aliphatic rings. The fourth-order valence-electron chi connectivity index (χ4n) is 4.57. The largest absolute Gasteiger partial charge is 0.497 e. The number of nitrogens with one attached hydrogen (secondary N) is 1. The van der Waals surface area contributed by atoms with Gasteiger partial charge in [-0.2, -0.15) is 0 Å². The summed E-state index contributed by atoms with van der Waals surface area (Å²) < 4.78 is 5.29. The number of ether oxygens (including phenoxy) is 1. The van der Waals surface area contributed by atoms with Gasteiger partial charge in [-0.05, 0) is 73.9 Å². The Morgan fingerprint density at radius 2 is 1.56 bits per heavy atom. The number of urea groups is 1. The van der Waals surface area contributed by atoms with Gasteiger partial charge in [-0.15, -0.1) is 0 Å². The molecule has 0 heterocycles. The highest BCUT2D eigenvalue weighted by Gasteiger charge is 2.29. The first-order valence-corrected chi connectivity index (χ1v) is 11.4. The molecule has 1 saturated carbocycles. The van der Waals surface area contributed by atoms with Crippen LogP contribution in [0, 0.1) is 6.92 Å². The summed E-state index contributed by atoms with van der Waals surface area (Å²) in [5.41, 5.74) is 4.53. The van der Waals surface area contributed by atoms with Gasteiger partial charge in [0.25, 0.3) is 0 Å². The van der Waals surface area contributed by atoms with Gasteiger partial charge in [0.1, 0.15) is 5.75 Å². The van der Waals surface area contributed by atoms with E-state index in [1.54, 1.807) is 7.11 Å². The van der Waals surface area contributed by atoms with Crippen molar-refractivity contribution in [3.8, 4) is 5.75 Å². The van der Waals surface area contributed by atoms with E-state index in [0.29, 0.717) is 12.5 Å². The summed E-state index contributed by atoms with van der Waals surface area (Å²) in [6, 6.07) is 26.9. The molecule has 1 N–H and O–H groups in total. The predicted molar refractivity (Wildman–Crippen MR) is 130 cm³/mol. The van der Waals surface area contributed by atoms with Gasteiger partial charge in [0.15, 0.2) is 0 Å². The minimum atomic E-state index is -0.0344. The smallest absolute Gasteiger partial charge is 0.322 e. The quantitative estimate of drug-likeness (QED) is 0.471. The van der Waals surface area contributed by atoms with Gasteiger partial charge in [0.2, 0.25) is 0 Å². The molecule has 4 nitrogen and oxygen atoms in total. The number of carbonyl (C=O) groups excluding carboxylic acids is 1. The van der Waals surface area contributed by atoms with Crippen molar-refractivity contribution < 1.29 is 9.53 Å². The van der Waals surface area contributed by atoms with Gasteiger partial charge in [-0.3, -0.25) is 0 Å². The zero-order valence-electron chi connectivity index (χ0n) is 19.0. The molecule has 0 spiro atoms. The molecule has 3 aromatic rings. The monoisotopic (exact) mass is 428 g/mol. The Balaban J connectivity index is 1.48. The molecule has 1 fully saturated rings. The van der Waals surface area contributed by atoms with Crippen molar-refractivity contribution >= 4 is 11.7 Å². The number of amides is 2. The molecule has 0 unspecified atom stereocenters. The number of nitrogens with zero attached hydrogens (tertiary/aromatic N) is 1. The molecule has 1 aliphatic carbocycles. The number of hydrogen-bond acceptors (Lipinski definition) is 2. The van der Waals surface area contributed by atoms with Crippen LogP contribution in [-0.4, -0.2) is 24.1 Å². The van der Waals surface area contributed by atoms with Gasteiger partial charge in [-0.1, -0.05) is 60.2 Å². The first-order valence-electron chi connectivity index (χ1n) is 11.4. The summed E-state index contributed by atoms with van der Waals surface area (Å²) in [5.74, 6) is 1.41. The van der Waals surface area contributed by atoms with Gasteiger partial charge in [-0.25, -0.2) is 4.79 Å². The fraction of sp³-hybridized carbons (Fsp3) is 0.321. The summed E-state index contributed by atoms with van der Waals surface area (Å²) in [7, 11) is 1.67. The second-order valence-corrected chi connectivity index (χ2v) is 8.69. The van der Waals surface area contributed by atoms with Crippen molar-refractivity contribution in [2.75, 3.05) is 12.4 Å². The molecule has 4 heteroatoms. The van der Waals surface area contributed by atoms with Crippen LogP contribution < -0.4 is 10.1 Å². The van der Waals surface area contributed by atoms with Crippen LogP contribution in [0.4, 0.5) is 10.5 Å². The average Bonchev–Trinajstić information content (AvgIpc) is 2.85. The standard InChI is InChI=1S/C28H32N2O2/c1-21-8-14-25(15-9-21)29-28(31)30(20-22-10-18-27(32-2)19-11-22)26-16-12-24(13-17-26)23-6-4-3-5-7-23/h3-11,14-15,18-19,24,26H,12-13,16-17,20H2,1-2H3,(H,29,31). The minimum Gasteiger partial charge on any atom is -0.497 e. The zero-order chi connectivity index (χ0) is 22.3. The van der Waals surface area contributed by atoms with E-state index in [-0.39, 0.29) is 12.1 Å². The summed E-state index contributed by atoms with van der Waals surface area (Å²) in [5, 5.41) is 3.11. The Labute approximate surface area is 191 Å². The van der Waals surface area contributed by atoms with Crippen LogP contribution in [0.1, 0.15) is 48.3 Å². The lowest BCUT2D eigenvalue weighted by Gasteiger charge is -2.37. The predicted octanol–water partition coefficient (Wildman–Crippen LogP) is 6.76. The lowest BCUT2D eigenvalue weighted by Crippen LogP contribution is -2.44. The molecule has 3 aromatic carbocycles. The third-order valence-corrected chi connectivity index (χ3v) is 6.48. The highest BCUT2D eigenvalue weighted by molar-refractivity contribution is 5.89. The second-order valence-electron chi connectivity index (χ2n) is 8.69. The molecular formula is C28H32N2O2. The molecule has 4 rings (SSSR count). The molecule has 32 heavy (non-hydrogen) atoms. The molecule has 166 valence electrons. The van der Waals surface area contributed by atoms with Crippen LogP contribution in [0.3, 0.4) is 0 Å². The maximum absolute atomic E-state index is 13.4. The fourth-order valence-corrected chi connectivity index (χ4v) is 4.57.